The maximum atomic E-state index is 11.5. The molecule has 1 fully saturated rings. The highest BCUT2D eigenvalue weighted by Crippen LogP contribution is 2.17. The summed E-state index contributed by atoms with van der Waals surface area (Å²) in [5.74, 6) is 0.298. The van der Waals surface area contributed by atoms with Crippen molar-refractivity contribution in [3.63, 3.8) is 0 Å². The van der Waals surface area contributed by atoms with Crippen molar-refractivity contribution in [1.82, 2.24) is 16.0 Å². The Bertz CT molecular complexity index is 256. The van der Waals surface area contributed by atoms with Crippen LogP contribution in [0.4, 0.5) is 0 Å². The van der Waals surface area contributed by atoms with Crippen LogP contribution >= 0.6 is 0 Å². The van der Waals surface area contributed by atoms with Crippen molar-refractivity contribution in [3.8, 4) is 0 Å². The number of rotatable bonds is 4. The van der Waals surface area contributed by atoms with Crippen LogP contribution in [0.5, 0.6) is 0 Å². The Morgan fingerprint density at radius 2 is 2.12 bits per heavy atom. The molecule has 5 heteroatoms. The molecule has 0 spiro atoms. The van der Waals surface area contributed by atoms with Crippen molar-refractivity contribution in [2.24, 2.45) is 5.92 Å². The third kappa shape index (κ3) is 4.18. The van der Waals surface area contributed by atoms with Crippen LogP contribution in [0.25, 0.3) is 0 Å². The first kappa shape index (κ1) is 13.0. The van der Waals surface area contributed by atoms with Crippen LogP contribution < -0.4 is 16.0 Å². The van der Waals surface area contributed by atoms with Gasteiger partial charge in [-0.25, -0.2) is 0 Å². The van der Waals surface area contributed by atoms with Crippen molar-refractivity contribution >= 4 is 11.8 Å². The van der Waals surface area contributed by atoms with E-state index >= 15 is 0 Å². The molecule has 1 saturated heterocycles. The zero-order valence-corrected chi connectivity index (χ0v) is 10.0. The summed E-state index contributed by atoms with van der Waals surface area (Å²) < 4.78 is 0. The Morgan fingerprint density at radius 1 is 1.38 bits per heavy atom. The molecule has 2 unspecified atom stereocenters. The van der Waals surface area contributed by atoms with E-state index in [1.54, 1.807) is 7.05 Å². The van der Waals surface area contributed by atoms with Crippen molar-refractivity contribution < 1.29 is 9.59 Å². The molecule has 1 aliphatic heterocycles. The van der Waals surface area contributed by atoms with Crippen LogP contribution in [0.3, 0.4) is 0 Å². The topological polar surface area (TPSA) is 70.2 Å². The lowest BCUT2D eigenvalue weighted by molar-refractivity contribution is -0.126. The summed E-state index contributed by atoms with van der Waals surface area (Å²) in [7, 11) is 1.55. The third-order valence-electron chi connectivity index (χ3n) is 3.06. The first-order valence-corrected chi connectivity index (χ1v) is 5.84. The molecule has 0 bridgehead atoms. The van der Waals surface area contributed by atoms with E-state index in [1.807, 2.05) is 0 Å². The molecule has 0 aliphatic carbocycles. The fraction of sp³-hybridized carbons (Fsp3) is 0.818. The Hall–Kier alpha value is -1.10. The lowest BCUT2D eigenvalue weighted by Gasteiger charge is -2.29. The number of likely N-dealkylation sites (N-methyl/N-ethyl adjacent to an activating group) is 1. The number of nitrogens with one attached hydrogen (secondary N) is 3. The fourth-order valence-corrected chi connectivity index (χ4v) is 1.93. The fourth-order valence-electron chi connectivity index (χ4n) is 1.93. The van der Waals surface area contributed by atoms with Crippen LogP contribution in [0.15, 0.2) is 0 Å². The highest BCUT2D eigenvalue weighted by molar-refractivity contribution is 5.84. The number of hydrogen-bond acceptors (Lipinski definition) is 3. The standard InChI is InChI=1S/C11H21N3O2/c1-8-4-3-5-13-9(8)6-10(15)14-7-11(16)12-2/h8-9,13H,3-7H2,1-2H3,(H,12,16)(H,14,15). The van der Waals surface area contributed by atoms with Crippen LogP contribution in [0, 0.1) is 5.92 Å². The molecule has 0 aromatic carbocycles. The molecule has 0 radical (unpaired) electrons. The largest absolute Gasteiger partial charge is 0.358 e. The lowest BCUT2D eigenvalue weighted by atomic mass is 9.90. The summed E-state index contributed by atoms with van der Waals surface area (Å²) in [5.41, 5.74) is 0. The van der Waals surface area contributed by atoms with Gasteiger partial charge in [-0.2, -0.15) is 0 Å². The minimum atomic E-state index is -0.169. The summed E-state index contributed by atoms with van der Waals surface area (Å²) in [5, 5.41) is 8.41. The van der Waals surface area contributed by atoms with Crippen molar-refractivity contribution in [2.45, 2.75) is 32.2 Å². The van der Waals surface area contributed by atoms with E-state index in [9.17, 15) is 9.59 Å². The molecule has 0 aromatic heterocycles. The second kappa shape index (κ2) is 6.48. The minimum absolute atomic E-state index is 0.0603. The van der Waals surface area contributed by atoms with E-state index in [-0.39, 0.29) is 24.4 Å². The summed E-state index contributed by atoms with van der Waals surface area (Å²) in [6, 6.07) is 0.249. The molecular formula is C11H21N3O2. The van der Waals surface area contributed by atoms with Gasteiger partial charge in [-0.3, -0.25) is 9.59 Å². The van der Waals surface area contributed by atoms with Crippen LogP contribution in [0.2, 0.25) is 0 Å². The predicted octanol–water partition coefficient (Wildman–Crippen LogP) is -0.373. The Kier molecular flexibility index (Phi) is 5.25. The zero-order chi connectivity index (χ0) is 12.0. The van der Waals surface area contributed by atoms with Gasteiger partial charge < -0.3 is 16.0 Å². The first-order chi connectivity index (χ1) is 7.63. The monoisotopic (exact) mass is 227 g/mol. The molecule has 2 atom stereocenters. The summed E-state index contributed by atoms with van der Waals surface area (Å²) >= 11 is 0. The van der Waals surface area contributed by atoms with Crippen molar-refractivity contribution in [2.75, 3.05) is 20.1 Å². The van der Waals surface area contributed by atoms with Gasteiger partial charge in [0.1, 0.15) is 0 Å². The first-order valence-electron chi connectivity index (χ1n) is 5.84. The average molecular weight is 227 g/mol. The van der Waals surface area contributed by atoms with Crippen molar-refractivity contribution in [3.05, 3.63) is 0 Å². The van der Waals surface area contributed by atoms with E-state index in [2.05, 4.69) is 22.9 Å². The van der Waals surface area contributed by atoms with Gasteiger partial charge in [-0.15, -0.1) is 0 Å². The quantitative estimate of drug-likeness (QED) is 0.613. The molecular weight excluding hydrogens is 206 g/mol. The van der Waals surface area contributed by atoms with Gasteiger partial charge in [0, 0.05) is 19.5 Å². The number of carbonyl (C=O) groups is 2. The Labute approximate surface area is 96.4 Å². The minimum Gasteiger partial charge on any atom is -0.358 e. The van der Waals surface area contributed by atoms with E-state index in [0.29, 0.717) is 12.3 Å². The number of carbonyl (C=O) groups excluding carboxylic acids is 2. The summed E-state index contributed by atoms with van der Waals surface area (Å²) in [6.45, 7) is 3.21. The van der Waals surface area contributed by atoms with Gasteiger partial charge in [0.2, 0.25) is 11.8 Å². The van der Waals surface area contributed by atoms with E-state index < -0.39 is 0 Å². The number of hydrogen-bond donors (Lipinski definition) is 3. The lowest BCUT2D eigenvalue weighted by Crippen LogP contribution is -2.44. The second-order valence-corrected chi connectivity index (χ2v) is 4.33. The molecule has 1 aliphatic rings. The molecule has 1 heterocycles. The molecule has 2 amide bonds. The third-order valence-corrected chi connectivity index (χ3v) is 3.06. The highest BCUT2D eigenvalue weighted by atomic mass is 16.2. The van der Waals surface area contributed by atoms with Gasteiger partial charge in [-0.1, -0.05) is 6.92 Å². The second-order valence-electron chi connectivity index (χ2n) is 4.33. The number of amides is 2. The molecule has 0 saturated carbocycles. The Balaban J connectivity index is 2.24. The highest BCUT2D eigenvalue weighted by Gasteiger charge is 2.23. The van der Waals surface area contributed by atoms with E-state index in [0.717, 1.165) is 6.54 Å². The van der Waals surface area contributed by atoms with Crippen molar-refractivity contribution in [1.29, 1.82) is 0 Å². The number of piperidine rings is 1. The smallest absolute Gasteiger partial charge is 0.239 e. The molecule has 3 N–H and O–H groups in total. The normalized spacial score (nSPS) is 24.9. The molecule has 1 rings (SSSR count). The molecule has 0 aromatic rings. The molecule has 5 nitrogen and oxygen atoms in total. The maximum Gasteiger partial charge on any atom is 0.239 e. The maximum absolute atomic E-state index is 11.5. The van der Waals surface area contributed by atoms with Gasteiger partial charge in [0.15, 0.2) is 0 Å². The van der Waals surface area contributed by atoms with Crippen LogP contribution in [-0.4, -0.2) is 38.0 Å². The SMILES string of the molecule is CNC(=O)CNC(=O)CC1NCCCC1C. The van der Waals surface area contributed by atoms with E-state index in [4.69, 9.17) is 0 Å². The predicted molar refractivity (Wildman–Crippen MR) is 61.9 cm³/mol. The summed E-state index contributed by atoms with van der Waals surface area (Å²) in [6.07, 6.45) is 2.80. The van der Waals surface area contributed by atoms with Gasteiger partial charge >= 0.3 is 0 Å². The molecule has 92 valence electrons. The Morgan fingerprint density at radius 3 is 2.75 bits per heavy atom. The summed E-state index contributed by atoms with van der Waals surface area (Å²) in [4.78, 5) is 22.5. The van der Waals surface area contributed by atoms with Gasteiger partial charge in [0.25, 0.3) is 0 Å². The van der Waals surface area contributed by atoms with Gasteiger partial charge in [-0.05, 0) is 25.3 Å². The zero-order valence-electron chi connectivity index (χ0n) is 10.0. The van der Waals surface area contributed by atoms with Crippen LogP contribution in [-0.2, 0) is 9.59 Å². The average Bonchev–Trinajstić information content (AvgIpc) is 2.29. The van der Waals surface area contributed by atoms with Gasteiger partial charge in [0.05, 0.1) is 6.54 Å². The van der Waals surface area contributed by atoms with Crippen LogP contribution in [0.1, 0.15) is 26.2 Å². The molecule has 16 heavy (non-hydrogen) atoms. The van der Waals surface area contributed by atoms with E-state index in [1.165, 1.54) is 12.8 Å².